The summed E-state index contributed by atoms with van der Waals surface area (Å²) < 4.78 is 25.0. The van der Waals surface area contributed by atoms with Gasteiger partial charge in [0.05, 0.1) is 32.0 Å². The Balaban J connectivity index is 1.70. The third kappa shape index (κ3) is 3.68. The largest absolute Gasteiger partial charge is 0.442 e. The lowest BCUT2D eigenvalue weighted by molar-refractivity contribution is 0.122. The first-order chi connectivity index (χ1) is 11.5. The molecule has 0 aromatic heterocycles. The maximum Gasteiger partial charge on any atom is 0.414 e. The van der Waals surface area contributed by atoms with Crippen molar-refractivity contribution in [3.63, 3.8) is 0 Å². The van der Waals surface area contributed by atoms with E-state index in [-0.39, 0.29) is 17.3 Å². The summed E-state index contributed by atoms with van der Waals surface area (Å²) in [6, 6.07) is 4.84. The molecule has 24 heavy (non-hydrogen) atoms. The number of rotatable bonds is 4. The van der Waals surface area contributed by atoms with Gasteiger partial charge in [0, 0.05) is 18.8 Å². The molecule has 1 aromatic carbocycles. The van der Waals surface area contributed by atoms with Crippen LogP contribution in [0, 0.1) is 5.82 Å². The van der Waals surface area contributed by atoms with Crippen LogP contribution in [0.25, 0.3) is 0 Å². The monoisotopic (exact) mass is 354 g/mol. The van der Waals surface area contributed by atoms with E-state index in [2.05, 4.69) is 5.32 Å². The van der Waals surface area contributed by atoms with Gasteiger partial charge in [-0.05, 0) is 30.4 Å². The van der Waals surface area contributed by atoms with Gasteiger partial charge in [-0.25, -0.2) is 9.18 Å². The molecular weight excluding hydrogens is 335 g/mol. The minimum Gasteiger partial charge on any atom is -0.442 e. The zero-order valence-electron chi connectivity index (χ0n) is 13.0. The van der Waals surface area contributed by atoms with Crippen LogP contribution in [0.15, 0.2) is 18.2 Å². The van der Waals surface area contributed by atoms with E-state index in [1.807, 2.05) is 4.90 Å². The number of halogens is 1. The van der Waals surface area contributed by atoms with E-state index in [1.54, 1.807) is 12.1 Å². The van der Waals surface area contributed by atoms with Crippen LogP contribution >= 0.6 is 12.2 Å². The van der Waals surface area contributed by atoms with Gasteiger partial charge in [0.25, 0.3) is 0 Å². The van der Waals surface area contributed by atoms with Gasteiger partial charge < -0.3 is 25.4 Å². The molecule has 2 aliphatic heterocycles. The van der Waals surface area contributed by atoms with Crippen LogP contribution in [0.1, 0.15) is 0 Å². The Hall–Kier alpha value is -2.13. The number of nitrogens with one attached hydrogen (secondary N) is 1. The Morgan fingerprint density at radius 1 is 1.42 bits per heavy atom. The quantitative estimate of drug-likeness (QED) is 0.775. The number of carbonyl (C=O) groups is 1. The second-order valence-corrected chi connectivity index (χ2v) is 6.04. The molecule has 0 unspecified atom stereocenters. The summed E-state index contributed by atoms with van der Waals surface area (Å²) in [6.45, 7) is 3.22. The summed E-state index contributed by atoms with van der Waals surface area (Å²) in [4.78, 5) is 15.3. The smallest absolute Gasteiger partial charge is 0.414 e. The van der Waals surface area contributed by atoms with E-state index in [9.17, 15) is 9.18 Å². The lowest BCUT2D eigenvalue weighted by Gasteiger charge is -2.29. The molecule has 0 spiro atoms. The van der Waals surface area contributed by atoms with Crippen LogP contribution in [-0.2, 0) is 9.47 Å². The number of nitrogens with two attached hydrogens (primary N) is 1. The van der Waals surface area contributed by atoms with Crippen molar-refractivity contribution in [2.24, 2.45) is 5.73 Å². The molecule has 1 amide bonds. The summed E-state index contributed by atoms with van der Waals surface area (Å²) >= 11 is 4.72. The molecule has 0 bridgehead atoms. The molecule has 2 heterocycles. The van der Waals surface area contributed by atoms with E-state index >= 15 is 0 Å². The van der Waals surface area contributed by atoms with Crippen molar-refractivity contribution in [3.05, 3.63) is 24.0 Å². The third-order valence-electron chi connectivity index (χ3n) is 3.98. The summed E-state index contributed by atoms with van der Waals surface area (Å²) in [5.74, 6) is -0.459. The van der Waals surface area contributed by atoms with Crippen LogP contribution in [0.5, 0.6) is 0 Å². The summed E-state index contributed by atoms with van der Waals surface area (Å²) in [6.07, 6.45) is -1.01. The van der Waals surface area contributed by atoms with Crippen LogP contribution in [0.3, 0.4) is 0 Å². The average molecular weight is 354 g/mol. The van der Waals surface area contributed by atoms with Gasteiger partial charge in [0.2, 0.25) is 0 Å². The van der Waals surface area contributed by atoms with Crippen LogP contribution in [0.2, 0.25) is 0 Å². The highest BCUT2D eigenvalue weighted by molar-refractivity contribution is 7.80. The molecule has 7 nitrogen and oxygen atoms in total. The Morgan fingerprint density at radius 2 is 2.17 bits per heavy atom. The maximum absolute atomic E-state index is 14.5. The number of ether oxygens (including phenoxy) is 2. The molecule has 2 fully saturated rings. The standard InChI is InChI=1S/C15H19FN4O3S/c16-12-7-10(19-3-5-22-6-4-19)1-2-13(12)20-9-11(23-15(20)21)8-18-14(17)24/h1-2,7,11H,3-6,8-9H2,(H3,17,18,24)/t11-/m0/s1. The van der Waals surface area contributed by atoms with Gasteiger partial charge in [-0.1, -0.05) is 0 Å². The highest BCUT2D eigenvalue weighted by atomic mass is 32.1. The fraction of sp³-hybridized carbons (Fsp3) is 0.467. The number of nitrogens with zero attached hydrogens (tertiary/aromatic N) is 2. The third-order valence-corrected chi connectivity index (χ3v) is 4.12. The predicted molar refractivity (Wildman–Crippen MR) is 91.8 cm³/mol. The molecule has 9 heteroatoms. The number of anilines is 2. The molecular formula is C15H19FN4O3S. The first kappa shape index (κ1) is 16.7. The molecule has 1 atom stereocenters. The number of hydrogen-bond acceptors (Lipinski definition) is 5. The predicted octanol–water partition coefficient (Wildman–Crippen LogP) is 0.821. The number of cyclic esters (lactones) is 1. The first-order valence-electron chi connectivity index (χ1n) is 7.68. The summed E-state index contributed by atoms with van der Waals surface area (Å²) in [5, 5.41) is 2.87. The molecule has 0 radical (unpaired) electrons. The highest BCUT2D eigenvalue weighted by Gasteiger charge is 2.33. The van der Waals surface area contributed by atoms with Crippen molar-refractivity contribution in [1.29, 1.82) is 0 Å². The fourth-order valence-corrected chi connectivity index (χ4v) is 2.86. The number of thiocarbonyl (C=S) groups is 1. The van der Waals surface area contributed by atoms with Crippen molar-refractivity contribution < 1.29 is 18.7 Å². The zero-order valence-corrected chi connectivity index (χ0v) is 13.9. The summed E-state index contributed by atoms with van der Waals surface area (Å²) in [7, 11) is 0. The minimum absolute atomic E-state index is 0.130. The van der Waals surface area contributed by atoms with Crippen molar-refractivity contribution in [2.45, 2.75) is 6.10 Å². The van der Waals surface area contributed by atoms with E-state index in [0.717, 1.165) is 18.8 Å². The average Bonchev–Trinajstić information content (AvgIpc) is 2.94. The van der Waals surface area contributed by atoms with Crippen molar-refractivity contribution in [1.82, 2.24) is 5.32 Å². The van der Waals surface area contributed by atoms with E-state index < -0.39 is 18.0 Å². The molecule has 130 valence electrons. The van der Waals surface area contributed by atoms with Crippen molar-refractivity contribution in [2.75, 3.05) is 49.2 Å². The second-order valence-electron chi connectivity index (χ2n) is 5.60. The van der Waals surface area contributed by atoms with E-state index in [4.69, 9.17) is 27.4 Å². The summed E-state index contributed by atoms with van der Waals surface area (Å²) in [5.41, 5.74) is 6.34. The minimum atomic E-state index is -0.581. The zero-order chi connectivity index (χ0) is 17.1. The number of amides is 1. The number of hydrogen-bond donors (Lipinski definition) is 2. The van der Waals surface area contributed by atoms with Gasteiger partial charge in [-0.2, -0.15) is 0 Å². The molecule has 0 aliphatic carbocycles. The Labute approximate surface area is 144 Å². The normalized spacial score (nSPS) is 20.9. The molecule has 1 aromatic rings. The van der Waals surface area contributed by atoms with E-state index in [1.165, 1.54) is 11.0 Å². The highest BCUT2D eigenvalue weighted by Crippen LogP contribution is 2.28. The van der Waals surface area contributed by atoms with Gasteiger partial charge in [0.1, 0.15) is 11.9 Å². The Morgan fingerprint density at radius 3 is 2.83 bits per heavy atom. The van der Waals surface area contributed by atoms with Gasteiger partial charge in [0.15, 0.2) is 5.11 Å². The van der Waals surface area contributed by atoms with Gasteiger partial charge in [-0.3, -0.25) is 4.90 Å². The van der Waals surface area contributed by atoms with Crippen LogP contribution in [-0.4, -0.2) is 56.7 Å². The molecule has 0 saturated carbocycles. The van der Waals surface area contributed by atoms with Crippen LogP contribution in [0.4, 0.5) is 20.6 Å². The number of carbonyl (C=O) groups excluding carboxylic acids is 1. The van der Waals surface area contributed by atoms with Crippen LogP contribution < -0.4 is 20.9 Å². The van der Waals surface area contributed by atoms with Crippen molar-refractivity contribution >= 4 is 34.8 Å². The second kappa shape index (κ2) is 7.18. The topological polar surface area (TPSA) is 80.1 Å². The molecule has 3 N–H and O–H groups in total. The fourth-order valence-electron chi connectivity index (χ4n) is 2.77. The first-order valence-corrected chi connectivity index (χ1v) is 8.09. The Kier molecular flexibility index (Phi) is 5.00. The number of morpholine rings is 1. The SMILES string of the molecule is NC(=S)NC[C@H]1CN(c2ccc(N3CCOCC3)cc2F)C(=O)O1. The van der Waals surface area contributed by atoms with Crippen molar-refractivity contribution in [3.8, 4) is 0 Å². The molecule has 3 rings (SSSR count). The lowest BCUT2D eigenvalue weighted by Crippen LogP contribution is -2.37. The van der Waals surface area contributed by atoms with Gasteiger partial charge >= 0.3 is 6.09 Å². The Bertz CT molecular complexity index is 639. The number of benzene rings is 1. The van der Waals surface area contributed by atoms with Gasteiger partial charge in [-0.15, -0.1) is 0 Å². The maximum atomic E-state index is 14.5. The van der Waals surface area contributed by atoms with E-state index in [0.29, 0.717) is 19.8 Å². The molecule has 2 saturated heterocycles. The lowest BCUT2D eigenvalue weighted by atomic mass is 10.2. The molecule has 2 aliphatic rings.